The van der Waals surface area contributed by atoms with Gasteiger partial charge >= 0.3 is 5.97 Å². The van der Waals surface area contributed by atoms with Crippen LogP contribution in [0.4, 0.5) is 0 Å². The van der Waals surface area contributed by atoms with Gasteiger partial charge in [-0.15, -0.1) is 11.3 Å². The third-order valence-electron chi connectivity index (χ3n) is 2.22. The zero-order chi connectivity index (χ0) is 11.8. The molecule has 0 N–H and O–H groups in total. The van der Waals surface area contributed by atoms with E-state index in [4.69, 9.17) is 4.74 Å². The van der Waals surface area contributed by atoms with E-state index in [2.05, 4.69) is 9.72 Å². The largest absolute Gasteiger partial charge is 0.469 e. The standard InChI is InChI=1S/C11H17NO3S/c1-9-10(16-8-12-9)5-7-15-6-3-4-11(13)14-2/h8H,3-7H2,1-2H3. The Balaban J connectivity index is 2.00. The Kier molecular flexibility index (Phi) is 6.03. The van der Waals surface area contributed by atoms with Crippen molar-refractivity contribution < 1.29 is 14.3 Å². The third kappa shape index (κ3) is 4.72. The van der Waals surface area contributed by atoms with Crippen molar-refractivity contribution in [3.05, 3.63) is 16.1 Å². The molecule has 0 fully saturated rings. The summed E-state index contributed by atoms with van der Waals surface area (Å²) in [7, 11) is 1.40. The Morgan fingerprint density at radius 3 is 2.94 bits per heavy atom. The van der Waals surface area contributed by atoms with Gasteiger partial charge in [0.05, 0.1) is 24.9 Å². The minimum Gasteiger partial charge on any atom is -0.469 e. The van der Waals surface area contributed by atoms with Crippen molar-refractivity contribution in [2.75, 3.05) is 20.3 Å². The molecule has 0 atom stereocenters. The molecule has 0 spiro atoms. The van der Waals surface area contributed by atoms with Crippen molar-refractivity contribution in [1.82, 2.24) is 4.98 Å². The van der Waals surface area contributed by atoms with Crippen LogP contribution in [0, 0.1) is 6.92 Å². The van der Waals surface area contributed by atoms with Crippen LogP contribution in [0.1, 0.15) is 23.4 Å². The summed E-state index contributed by atoms with van der Waals surface area (Å²) < 4.78 is 9.96. The average Bonchev–Trinajstić information content (AvgIpc) is 2.69. The van der Waals surface area contributed by atoms with Gasteiger partial charge < -0.3 is 9.47 Å². The number of thiazole rings is 1. The zero-order valence-electron chi connectivity index (χ0n) is 9.69. The van der Waals surface area contributed by atoms with Crippen LogP contribution in [0.3, 0.4) is 0 Å². The molecule has 90 valence electrons. The Labute approximate surface area is 99.6 Å². The number of carbonyl (C=O) groups excluding carboxylic acids is 1. The fourth-order valence-electron chi connectivity index (χ4n) is 1.25. The second kappa shape index (κ2) is 7.35. The predicted octanol–water partition coefficient (Wildman–Crippen LogP) is 1.96. The number of nitrogens with zero attached hydrogens (tertiary/aromatic N) is 1. The maximum Gasteiger partial charge on any atom is 0.305 e. The first-order valence-electron chi connectivity index (χ1n) is 5.27. The van der Waals surface area contributed by atoms with Gasteiger partial charge in [0.25, 0.3) is 0 Å². The number of carbonyl (C=O) groups is 1. The van der Waals surface area contributed by atoms with E-state index < -0.39 is 0 Å². The van der Waals surface area contributed by atoms with E-state index in [1.807, 2.05) is 12.4 Å². The molecule has 1 rings (SSSR count). The molecule has 0 aliphatic carbocycles. The molecule has 0 amide bonds. The zero-order valence-corrected chi connectivity index (χ0v) is 10.5. The lowest BCUT2D eigenvalue weighted by Gasteiger charge is -2.03. The number of methoxy groups -OCH3 is 1. The molecule has 0 aliphatic rings. The van der Waals surface area contributed by atoms with Gasteiger partial charge in [-0.2, -0.15) is 0 Å². The molecule has 16 heavy (non-hydrogen) atoms. The van der Waals surface area contributed by atoms with Gasteiger partial charge in [-0.05, 0) is 13.3 Å². The highest BCUT2D eigenvalue weighted by atomic mass is 32.1. The van der Waals surface area contributed by atoms with Crippen LogP contribution in [0.25, 0.3) is 0 Å². The summed E-state index contributed by atoms with van der Waals surface area (Å²) in [6.45, 7) is 3.29. The first kappa shape index (κ1) is 13.1. The number of aryl methyl sites for hydroxylation is 1. The van der Waals surface area contributed by atoms with Gasteiger partial charge in [-0.25, -0.2) is 4.98 Å². The van der Waals surface area contributed by atoms with Crippen LogP contribution in [0.5, 0.6) is 0 Å². The summed E-state index contributed by atoms with van der Waals surface area (Å²) in [5.41, 5.74) is 2.94. The van der Waals surface area contributed by atoms with Crippen molar-refractivity contribution in [3.8, 4) is 0 Å². The van der Waals surface area contributed by atoms with Crippen LogP contribution in [-0.2, 0) is 20.7 Å². The molecule has 0 saturated carbocycles. The lowest BCUT2D eigenvalue weighted by molar-refractivity contribution is -0.141. The Hall–Kier alpha value is -0.940. The number of ether oxygens (including phenoxy) is 2. The van der Waals surface area contributed by atoms with Crippen LogP contribution >= 0.6 is 11.3 Å². The first-order valence-corrected chi connectivity index (χ1v) is 6.15. The minimum absolute atomic E-state index is 0.179. The van der Waals surface area contributed by atoms with Gasteiger partial charge in [-0.3, -0.25) is 4.79 Å². The number of esters is 1. The quantitative estimate of drug-likeness (QED) is 0.542. The Morgan fingerprint density at radius 2 is 2.31 bits per heavy atom. The van der Waals surface area contributed by atoms with Crippen LogP contribution in [-0.4, -0.2) is 31.3 Å². The van der Waals surface area contributed by atoms with Gasteiger partial charge in [0.2, 0.25) is 0 Å². The fraction of sp³-hybridized carbons (Fsp3) is 0.636. The lowest BCUT2D eigenvalue weighted by atomic mass is 10.3. The van der Waals surface area contributed by atoms with E-state index in [0.29, 0.717) is 26.1 Å². The van der Waals surface area contributed by atoms with Gasteiger partial charge in [0.1, 0.15) is 0 Å². The van der Waals surface area contributed by atoms with Crippen molar-refractivity contribution in [1.29, 1.82) is 0 Å². The highest BCUT2D eigenvalue weighted by molar-refractivity contribution is 7.09. The van der Waals surface area contributed by atoms with E-state index in [-0.39, 0.29) is 5.97 Å². The van der Waals surface area contributed by atoms with E-state index in [1.54, 1.807) is 11.3 Å². The monoisotopic (exact) mass is 243 g/mol. The Morgan fingerprint density at radius 1 is 1.50 bits per heavy atom. The molecule has 0 aliphatic heterocycles. The van der Waals surface area contributed by atoms with Gasteiger partial charge in [-0.1, -0.05) is 0 Å². The van der Waals surface area contributed by atoms with Crippen molar-refractivity contribution >= 4 is 17.3 Å². The molecule has 0 bridgehead atoms. The summed E-state index contributed by atoms with van der Waals surface area (Å²) in [4.78, 5) is 16.2. The van der Waals surface area contributed by atoms with E-state index in [0.717, 1.165) is 12.1 Å². The maximum atomic E-state index is 10.8. The first-order chi connectivity index (χ1) is 7.74. The topological polar surface area (TPSA) is 48.4 Å². The molecule has 5 heteroatoms. The SMILES string of the molecule is COC(=O)CCCOCCc1scnc1C. The van der Waals surface area contributed by atoms with Crippen molar-refractivity contribution in [3.63, 3.8) is 0 Å². The number of hydrogen-bond acceptors (Lipinski definition) is 5. The summed E-state index contributed by atoms with van der Waals surface area (Å²) in [6, 6.07) is 0. The molecule has 0 saturated heterocycles. The van der Waals surface area contributed by atoms with E-state index >= 15 is 0 Å². The molecule has 0 aromatic carbocycles. The molecular weight excluding hydrogens is 226 g/mol. The van der Waals surface area contributed by atoms with Crippen molar-refractivity contribution in [2.45, 2.75) is 26.2 Å². The summed E-state index contributed by atoms with van der Waals surface area (Å²) in [6.07, 6.45) is 2.04. The summed E-state index contributed by atoms with van der Waals surface area (Å²) >= 11 is 1.66. The molecule has 4 nitrogen and oxygen atoms in total. The lowest BCUT2D eigenvalue weighted by Crippen LogP contribution is -2.04. The Bertz CT molecular complexity index is 325. The molecule has 1 aromatic heterocycles. The minimum atomic E-state index is -0.179. The fourth-order valence-corrected chi connectivity index (χ4v) is 2.02. The van der Waals surface area contributed by atoms with E-state index in [9.17, 15) is 4.79 Å². The normalized spacial score (nSPS) is 10.4. The average molecular weight is 243 g/mol. The molecular formula is C11H17NO3S. The third-order valence-corrected chi connectivity index (χ3v) is 3.21. The second-order valence-electron chi connectivity index (χ2n) is 3.40. The van der Waals surface area contributed by atoms with Gasteiger partial charge in [0.15, 0.2) is 0 Å². The number of rotatable bonds is 7. The smallest absolute Gasteiger partial charge is 0.305 e. The molecule has 1 aromatic rings. The molecule has 0 unspecified atom stereocenters. The van der Waals surface area contributed by atoms with E-state index in [1.165, 1.54) is 12.0 Å². The molecule has 1 heterocycles. The van der Waals surface area contributed by atoms with Gasteiger partial charge in [0, 0.05) is 24.3 Å². The molecule has 0 radical (unpaired) electrons. The summed E-state index contributed by atoms with van der Waals surface area (Å²) in [5, 5.41) is 0. The number of aromatic nitrogens is 1. The summed E-state index contributed by atoms with van der Waals surface area (Å²) in [5.74, 6) is -0.179. The highest BCUT2D eigenvalue weighted by Gasteiger charge is 2.02. The van der Waals surface area contributed by atoms with Crippen molar-refractivity contribution in [2.24, 2.45) is 0 Å². The highest BCUT2D eigenvalue weighted by Crippen LogP contribution is 2.12. The van der Waals surface area contributed by atoms with Crippen LogP contribution < -0.4 is 0 Å². The van der Waals surface area contributed by atoms with Crippen LogP contribution in [0.15, 0.2) is 5.51 Å². The second-order valence-corrected chi connectivity index (χ2v) is 4.34. The maximum absolute atomic E-state index is 10.8. The number of hydrogen-bond donors (Lipinski definition) is 0. The van der Waals surface area contributed by atoms with Crippen LogP contribution in [0.2, 0.25) is 0 Å². The predicted molar refractivity (Wildman–Crippen MR) is 62.6 cm³/mol.